The van der Waals surface area contributed by atoms with Crippen molar-refractivity contribution < 1.29 is 15.0 Å². The van der Waals surface area contributed by atoms with Crippen LogP contribution in [0.4, 0.5) is 0 Å². The molecule has 0 bridgehead atoms. The average Bonchev–Trinajstić information content (AvgIpc) is 2.75. The van der Waals surface area contributed by atoms with Crippen LogP contribution in [0.25, 0.3) is 0 Å². The number of rotatable bonds is 4. The third kappa shape index (κ3) is 2.62. The van der Waals surface area contributed by atoms with Crippen LogP contribution in [0.2, 0.25) is 0 Å². The minimum atomic E-state index is -0.301. The van der Waals surface area contributed by atoms with Gasteiger partial charge in [-0.1, -0.05) is 11.8 Å². The van der Waals surface area contributed by atoms with Gasteiger partial charge in [0.2, 0.25) is 0 Å². The first kappa shape index (κ1) is 12.4. The van der Waals surface area contributed by atoms with Gasteiger partial charge in [0.1, 0.15) is 6.33 Å². The Hall–Kier alpha value is -2.02. The van der Waals surface area contributed by atoms with E-state index in [-0.39, 0.29) is 23.0 Å². The summed E-state index contributed by atoms with van der Waals surface area (Å²) in [6.07, 6.45) is 1.42. The number of phenolic OH excluding ortho intramolecular Hbond substituents is 2. The zero-order chi connectivity index (χ0) is 13.1. The van der Waals surface area contributed by atoms with Gasteiger partial charge < -0.3 is 10.2 Å². The fourth-order valence-corrected chi connectivity index (χ4v) is 2.11. The zero-order valence-corrected chi connectivity index (χ0v) is 10.4. The third-order valence-electron chi connectivity index (χ3n) is 2.30. The number of thioether (sulfide) groups is 1. The first-order valence-electron chi connectivity index (χ1n) is 5.10. The molecule has 2 aromatic rings. The predicted molar refractivity (Wildman–Crippen MR) is 65.8 cm³/mol. The van der Waals surface area contributed by atoms with E-state index < -0.39 is 0 Å². The summed E-state index contributed by atoms with van der Waals surface area (Å²) < 4.78 is 1.58. The number of phenols is 2. The molecule has 0 radical (unpaired) electrons. The van der Waals surface area contributed by atoms with Gasteiger partial charge in [0.25, 0.3) is 0 Å². The van der Waals surface area contributed by atoms with Crippen molar-refractivity contribution in [1.82, 2.24) is 14.8 Å². The van der Waals surface area contributed by atoms with Crippen LogP contribution in [0.5, 0.6) is 11.5 Å². The molecule has 0 unspecified atom stereocenters. The van der Waals surface area contributed by atoms with E-state index in [4.69, 9.17) is 5.11 Å². The van der Waals surface area contributed by atoms with Gasteiger partial charge in [-0.2, -0.15) is 5.10 Å². The lowest BCUT2D eigenvalue weighted by Crippen LogP contribution is -2.03. The number of nitrogens with zero attached hydrogens (tertiary/aromatic N) is 3. The number of aromatic nitrogens is 3. The number of aryl methyl sites for hydroxylation is 1. The zero-order valence-electron chi connectivity index (χ0n) is 9.57. The number of carbonyl (C=O) groups excluding carboxylic acids is 1. The lowest BCUT2D eigenvalue weighted by atomic mass is 10.1. The predicted octanol–water partition coefficient (Wildman–Crippen LogP) is 1.20. The minimum absolute atomic E-state index is 0.154. The minimum Gasteiger partial charge on any atom is -0.504 e. The molecule has 6 nitrogen and oxygen atoms in total. The largest absolute Gasteiger partial charge is 0.504 e. The van der Waals surface area contributed by atoms with Crippen molar-refractivity contribution in [2.75, 3.05) is 5.75 Å². The van der Waals surface area contributed by atoms with Crippen molar-refractivity contribution in [2.24, 2.45) is 7.05 Å². The maximum Gasteiger partial charge on any atom is 0.186 e. The van der Waals surface area contributed by atoms with Gasteiger partial charge in [-0.25, -0.2) is 9.67 Å². The van der Waals surface area contributed by atoms with Crippen molar-refractivity contribution in [1.29, 1.82) is 0 Å². The first-order valence-corrected chi connectivity index (χ1v) is 6.08. The second kappa shape index (κ2) is 5.09. The third-order valence-corrected chi connectivity index (χ3v) is 3.33. The second-order valence-corrected chi connectivity index (χ2v) is 4.52. The molecular formula is C11H11N3O3S. The SMILES string of the molecule is Cn1ncnc1SCC(=O)c1ccc(O)c(O)c1. The highest BCUT2D eigenvalue weighted by atomic mass is 32.2. The van der Waals surface area contributed by atoms with Gasteiger partial charge in [0, 0.05) is 12.6 Å². The van der Waals surface area contributed by atoms with E-state index in [1.807, 2.05) is 0 Å². The highest BCUT2D eigenvalue weighted by Crippen LogP contribution is 2.26. The van der Waals surface area contributed by atoms with Crippen molar-refractivity contribution in [3.8, 4) is 11.5 Å². The molecule has 0 saturated carbocycles. The Kier molecular flexibility index (Phi) is 3.52. The molecule has 0 atom stereocenters. The fourth-order valence-electron chi connectivity index (χ4n) is 1.33. The summed E-state index contributed by atoms with van der Waals surface area (Å²) >= 11 is 1.26. The number of hydrogen-bond acceptors (Lipinski definition) is 6. The van der Waals surface area contributed by atoms with E-state index in [1.54, 1.807) is 11.7 Å². The molecule has 2 rings (SSSR count). The van der Waals surface area contributed by atoms with Crippen LogP contribution in [0.3, 0.4) is 0 Å². The summed E-state index contributed by atoms with van der Waals surface area (Å²) in [7, 11) is 1.74. The van der Waals surface area contributed by atoms with Gasteiger partial charge in [-0.05, 0) is 18.2 Å². The van der Waals surface area contributed by atoms with Crippen LogP contribution < -0.4 is 0 Å². The Morgan fingerprint density at radius 2 is 2.17 bits per heavy atom. The number of aromatic hydroxyl groups is 2. The van der Waals surface area contributed by atoms with Crippen molar-refractivity contribution >= 4 is 17.5 Å². The Balaban J connectivity index is 2.04. The normalized spacial score (nSPS) is 10.5. The highest BCUT2D eigenvalue weighted by molar-refractivity contribution is 7.99. The van der Waals surface area contributed by atoms with E-state index in [0.29, 0.717) is 10.7 Å². The molecule has 7 heteroatoms. The van der Waals surface area contributed by atoms with Crippen LogP contribution in [-0.2, 0) is 7.05 Å². The molecular weight excluding hydrogens is 254 g/mol. The van der Waals surface area contributed by atoms with Gasteiger partial charge in [0.15, 0.2) is 22.4 Å². The monoisotopic (exact) mass is 265 g/mol. The standard InChI is InChI=1S/C11H11N3O3S/c1-14-11(12-6-13-14)18-5-10(17)7-2-3-8(15)9(16)4-7/h2-4,6,15-16H,5H2,1H3. The molecule has 1 aromatic carbocycles. The van der Waals surface area contributed by atoms with E-state index >= 15 is 0 Å². The van der Waals surface area contributed by atoms with E-state index in [9.17, 15) is 9.90 Å². The maximum atomic E-state index is 11.8. The molecule has 1 aromatic heterocycles. The van der Waals surface area contributed by atoms with Crippen LogP contribution in [0.15, 0.2) is 29.7 Å². The number of carbonyl (C=O) groups is 1. The molecule has 0 aliphatic carbocycles. The summed E-state index contributed by atoms with van der Waals surface area (Å²) in [4.78, 5) is 15.8. The number of benzene rings is 1. The lowest BCUT2D eigenvalue weighted by molar-refractivity contribution is 0.102. The molecule has 2 N–H and O–H groups in total. The van der Waals surface area contributed by atoms with Crippen LogP contribution in [-0.4, -0.2) is 36.5 Å². The van der Waals surface area contributed by atoms with Crippen molar-refractivity contribution in [2.45, 2.75) is 5.16 Å². The number of Topliss-reactive ketones (excluding diaryl/α,β-unsaturated/α-hetero) is 1. The Labute approximate surface area is 107 Å². The summed E-state index contributed by atoms with van der Waals surface area (Å²) in [6, 6.07) is 4.00. The van der Waals surface area contributed by atoms with E-state index in [1.165, 1.54) is 36.3 Å². The second-order valence-electron chi connectivity index (χ2n) is 3.58. The summed E-state index contributed by atoms with van der Waals surface area (Å²) in [5.41, 5.74) is 0.347. The highest BCUT2D eigenvalue weighted by Gasteiger charge is 2.11. The van der Waals surface area contributed by atoms with Gasteiger partial charge in [-0.15, -0.1) is 0 Å². The first-order chi connectivity index (χ1) is 8.58. The molecule has 0 spiro atoms. The molecule has 0 saturated heterocycles. The Morgan fingerprint density at radius 1 is 1.39 bits per heavy atom. The van der Waals surface area contributed by atoms with Crippen LogP contribution in [0, 0.1) is 0 Å². The molecule has 94 valence electrons. The molecule has 0 aliphatic heterocycles. The average molecular weight is 265 g/mol. The van der Waals surface area contributed by atoms with Gasteiger partial charge in [0.05, 0.1) is 5.75 Å². The molecule has 1 heterocycles. The van der Waals surface area contributed by atoms with Crippen LogP contribution in [0.1, 0.15) is 10.4 Å². The van der Waals surface area contributed by atoms with Crippen LogP contribution >= 0.6 is 11.8 Å². The number of ketones is 1. The molecule has 0 aliphatic rings. The molecule has 0 fully saturated rings. The van der Waals surface area contributed by atoms with E-state index in [0.717, 1.165) is 0 Å². The molecule has 0 amide bonds. The Morgan fingerprint density at radius 3 is 2.78 bits per heavy atom. The summed E-state index contributed by atoms with van der Waals surface area (Å²) in [5, 5.41) is 23.0. The van der Waals surface area contributed by atoms with Gasteiger partial charge >= 0.3 is 0 Å². The number of hydrogen-bond donors (Lipinski definition) is 2. The smallest absolute Gasteiger partial charge is 0.186 e. The van der Waals surface area contributed by atoms with E-state index in [2.05, 4.69) is 10.1 Å². The fraction of sp³-hybridized carbons (Fsp3) is 0.182. The lowest BCUT2D eigenvalue weighted by Gasteiger charge is -2.03. The Bertz CT molecular complexity index is 583. The summed E-state index contributed by atoms with van der Waals surface area (Å²) in [6.45, 7) is 0. The quantitative estimate of drug-likeness (QED) is 0.490. The summed E-state index contributed by atoms with van der Waals surface area (Å²) in [5.74, 6) is -0.508. The maximum absolute atomic E-state index is 11.8. The molecule has 18 heavy (non-hydrogen) atoms. The van der Waals surface area contributed by atoms with Crippen molar-refractivity contribution in [3.05, 3.63) is 30.1 Å². The van der Waals surface area contributed by atoms with Crippen molar-refractivity contribution in [3.63, 3.8) is 0 Å². The topological polar surface area (TPSA) is 88.2 Å². The van der Waals surface area contributed by atoms with Gasteiger partial charge in [-0.3, -0.25) is 4.79 Å².